The molecule has 0 aliphatic heterocycles. The van der Waals surface area contributed by atoms with Crippen molar-refractivity contribution in [2.24, 2.45) is 11.7 Å². The average Bonchev–Trinajstić information content (AvgIpc) is 3.43. The fourth-order valence-electron chi connectivity index (χ4n) is 4.11. The Morgan fingerprint density at radius 2 is 1.94 bits per heavy atom. The molecule has 0 aromatic carbocycles. The molecule has 0 spiro atoms. The van der Waals surface area contributed by atoms with Gasteiger partial charge in [-0.15, -0.1) is 11.3 Å². The second-order valence-corrected chi connectivity index (χ2v) is 11.0. The van der Waals surface area contributed by atoms with E-state index in [4.69, 9.17) is 5.73 Å². The Labute approximate surface area is 188 Å². The van der Waals surface area contributed by atoms with E-state index >= 15 is 0 Å². The van der Waals surface area contributed by atoms with Crippen molar-refractivity contribution in [3.63, 3.8) is 0 Å². The third kappa shape index (κ3) is 4.07. The zero-order valence-corrected chi connectivity index (χ0v) is 19.5. The molecule has 2 heterocycles. The van der Waals surface area contributed by atoms with Crippen LogP contribution in [-0.2, 0) is 13.1 Å². The molecule has 3 N–H and O–H groups in total. The number of carbonyl (C=O) groups excluding carboxylic acids is 1. The minimum absolute atomic E-state index is 0.0917. The van der Waals surface area contributed by atoms with Crippen molar-refractivity contribution in [3.8, 4) is 0 Å². The number of aromatic nitrogens is 2. The zero-order valence-electron chi connectivity index (χ0n) is 18.7. The van der Waals surface area contributed by atoms with E-state index in [0.29, 0.717) is 27.1 Å². The summed E-state index contributed by atoms with van der Waals surface area (Å²) in [6, 6.07) is -0.862. The van der Waals surface area contributed by atoms with Gasteiger partial charge in [-0.05, 0) is 52.5 Å². The quantitative estimate of drug-likeness (QED) is 0.635. The van der Waals surface area contributed by atoms with Gasteiger partial charge in [0.1, 0.15) is 4.83 Å². The number of hydrogen-bond donors (Lipinski definition) is 2. The maximum atomic E-state index is 14.0. The van der Waals surface area contributed by atoms with E-state index in [-0.39, 0.29) is 25.6 Å². The summed E-state index contributed by atoms with van der Waals surface area (Å²) < 4.78 is 30.6. The van der Waals surface area contributed by atoms with Gasteiger partial charge >= 0.3 is 11.7 Å². The SMILES string of the molecule is Cc1c(CN(NC(C)(C)C)C(N)=O)sc2c1c(=O)n(C1CC1)c(=O)n2CC1CCC1(F)F. The van der Waals surface area contributed by atoms with Gasteiger partial charge in [-0.25, -0.2) is 23.8 Å². The van der Waals surface area contributed by atoms with E-state index in [1.165, 1.54) is 25.5 Å². The maximum Gasteiger partial charge on any atom is 0.332 e. The van der Waals surface area contributed by atoms with Crippen LogP contribution in [-0.4, -0.2) is 31.6 Å². The molecule has 1 atom stereocenters. The van der Waals surface area contributed by atoms with Crippen LogP contribution >= 0.6 is 11.3 Å². The van der Waals surface area contributed by atoms with Gasteiger partial charge in [0, 0.05) is 35.3 Å². The minimum atomic E-state index is -2.80. The van der Waals surface area contributed by atoms with Gasteiger partial charge in [-0.1, -0.05) is 0 Å². The third-order valence-corrected chi connectivity index (χ3v) is 7.42. The van der Waals surface area contributed by atoms with E-state index < -0.39 is 34.7 Å². The lowest BCUT2D eigenvalue weighted by Crippen LogP contribution is -2.53. The molecule has 0 bridgehead atoms. The molecule has 2 aromatic heterocycles. The second-order valence-electron chi connectivity index (χ2n) is 9.91. The molecular weight excluding hydrogens is 440 g/mol. The van der Waals surface area contributed by atoms with Gasteiger partial charge < -0.3 is 5.73 Å². The lowest BCUT2D eigenvalue weighted by molar-refractivity contribution is -0.137. The maximum absolute atomic E-state index is 14.0. The van der Waals surface area contributed by atoms with Crippen LogP contribution < -0.4 is 22.4 Å². The number of rotatable bonds is 6. The minimum Gasteiger partial charge on any atom is -0.350 e. The highest BCUT2D eigenvalue weighted by molar-refractivity contribution is 7.18. The van der Waals surface area contributed by atoms with Crippen LogP contribution in [0.15, 0.2) is 9.59 Å². The number of nitrogens with two attached hydrogens (primary N) is 1. The Bertz CT molecular complexity index is 1190. The number of fused-ring (bicyclic) bond motifs is 1. The number of nitrogens with zero attached hydrogens (tertiary/aromatic N) is 3. The Balaban J connectivity index is 1.83. The highest BCUT2D eigenvalue weighted by atomic mass is 32.1. The molecule has 176 valence electrons. The Kier molecular flexibility index (Phi) is 5.48. The number of alkyl halides is 2. The van der Waals surface area contributed by atoms with Crippen LogP contribution in [0.25, 0.3) is 10.2 Å². The van der Waals surface area contributed by atoms with Crippen LogP contribution in [0.1, 0.15) is 62.9 Å². The predicted molar refractivity (Wildman–Crippen MR) is 119 cm³/mol. The van der Waals surface area contributed by atoms with Crippen LogP contribution in [0.4, 0.5) is 13.6 Å². The summed E-state index contributed by atoms with van der Waals surface area (Å²) in [5, 5.41) is 1.62. The number of urea groups is 1. The van der Waals surface area contributed by atoms with Crippen LogP contribution in [0.5, 0.6) is 0 Å². The fraction of sp³-hybridized carbons (Fsp3) is 0.667. The molecule has 2 aliphatic carbocycles. The fourth-order valence-corrected chi connectivity index (χ4v) is 5.40. The van der Waals surface area contributed by atoms with Crippen molar-refractivity contribution >= 4 is 27.6 Å². The van der Waals surface area contributed by atoms with Crippen molar-refractivity contribution in [1.82, 2.24) is 19.6 Å². The first kappa shape index (κ1) is 22.9. The summed E-state index contributed by atoms with van der Waals surface area (Å²) in [4.78, 5) is 39.5. The zero-order chi connectivity index (χ0) is 23.6. The summed E-state index contributed by atoms with van der Waals surface area (Å²) in [5.41, 5.74) is 7.86. The molecule has 2 aliphatic rings. The molecule has 11 heteroatoms. The molecule has 2 aromatic rings. The van der Waals surface area contributed by atoms with Crippen molar-refractivity contribution in [2.45, 2.75) is 84.0 Å². The number of aryl methyl sites for hydroxylation is 1. The highest BCUT2D eigenvalue weighted by Gasteiger charge is 2.48. The second kappa shape index (κ2) is 7.65. The number of carbonyl (C=O) groups is 1. The van der Waals surface area contributed by atoms with Gasteiger partial charge in [0.05, 0.1) is 11.9 Å². The van der Waals surface area contributed by atoms with Gasteiger partial charge in [-0.3, -0.25) is 18.9 Å². The molecule has 4 rings (SSSR count). The van der Waals surface area contributed by atoms with E-state index in [9.17, 15) is 23.2 Å². The van der Waals surface area contributed by atoms with Crippen molar-refractivity contribution in [2.75, 3.05) is 0 Å². The van der Waals surface area contributed by atoms with E-state index in [1.54, 1.807) is 6.92 Å². The third-order valence-electron chi connectivity index (χ3n) is 6.12. The lowest BCUT2D eigenvalue weighted by Gasteiger charge is -2.36. The number of amides is 2. The van der Waals surface area contributed by atoms with Gasteiger partial charge in [-0.2, -0.15) is 0 Å². The Morgan fingerprint density at radius 3 is 2.41 bits per heavy atom. The van der Waals surface area contributed by atoms with Crippen molar-refractivity contribution in [1.29, 1.82) is 0 Å². The van der Waals surface area contributed by atoms with Gasteiger partial charge in [0.2, 0.25) is 0 Å². The van der Waals surface area contributed by atoms with Crippen LogP contribution in [0.2, 0.25) is 0 Å². The smallest absolute Gasteiger partial charge is 0.332 e. The summed E-state index contributed by atoms with van der Waals surface area (Å²) >= 11 is 1.18. The molecule has 2 saturated carbocycles. The Hall–Kier alpha value is -2.27. The largest absolute Gasteiger partial charge is 0.350 e. The lowest BCUT2D eigenvalue weighted by atomic mass is 9.81. The van der Waals surface area contributed by atoms with E-state index in [1.807, 2.05) is 20.8 Å². The molecule has 2 fully saturated rings. The Morgan fingerprint density at radius 1 is 1.28 bits per heavy atom. The molecule has 0 saturated heterocycles. The number of nitrogens with one attached hydrogen (secondary N) is 1. The molecule has 2 amide bonds. The summed E-state index contributed by atoms with van der Waals surface area (Å²) in [6.45, 7) is 7.36. The van der Waals surface area contributed by atoms with Crippen molar-refractivity contribution < 1.29 is 13.6 Å². The topological polar surface area (TPSA) is 102 Å². The summed E-state index contributed by atoms with van der Waals surface area (Å²) in [5.74, 6) is -3.73. The number of primary amides is 1. The normalized spacial score (nSPS) is 20.4. The van der Waals surface area contributed by atoms with E-state index in [0.717, 1.165) is 12.8 Å². The molecule has 32 heavy (non-hydrogen) atoms. The standard InChI is InChI=1S/C21H29F2N5O3S/c1-11-14(10-27(18(24)30)25-20(2,3)4)32-17-15(11)16(29)28(13-5-6-13)19(31)26(17)9-12-7-8-21(12,22)23/h12-13,25H,5-10H2,1-4H3,(H2,24,30). The van der Waals surface area contributed by atoms with Crippen molar-refractivity contribution in [3.05, 3.63) is 31.3 Å². The first-order chi connectivity index (χ1) is 14.8. The number of thiophene rings is 1. The summed E-state index contributed by atoms with van der Waals surface area (Å²) in [7, 11) is 0. The first-order valence-electron chi connectivity index (χ1n) is 10.8. The number of hydrazine groups is 1. The molecule has 8 nitrogen and oxygen atoms in total. The average molecular weight is 470 g/mol. The number of hydrogen-bond acceptors (Lipinski definition) is 5. The highest BCUT2D eigenvalue weighted by Crippen LogP contribution is 2.44. The predicted octanol–water partition coefficient (Wildman–Crippen LogP) is 3.10. The molecular formula is C21H29F2N5O3S. The van der Waals surface area contributed by atoms with Gasteiger partial charge in [0.25, 0.3) is 11.5 Å². The molecule has 1 unspecified atom stereocenters. The summed E-state index contributed by atoms with van der Waals surface area (Å²) in [6.07, 6.45) is 1.60. The first-order valence-corrected chi connectivity index (χ1v) is 11.6. The number of halogens is 2. The van der Waals surface area contributed by atoms with Gasteiger partial charge in [0.15, 0.2) is 0 Å². The molecule has 0 radical (unpaired) electrons. The van der Waals surface area contributed by atoms with Crippen LogP contribution in [0.3, 0.4) is 0 Å². The van der Waals surface area contributed by atoms with E-state index in [2.05, 4.69) is 5.43 Å². The monoisotopic (exact) mass is 469 g/mol. The van der Waals surface area contributed by atoms with Crippen LogP contribution in [0, 0.1) is 12.8 Å².